The minimum Gasteiger partial charge on any atom is -0.393 e. The Kier molecular flexibility index (Phi) is 4.78. The van der Waals surface area contributed by atoms with Crippen LogP contribution in [0.25, 0.3) is 0 Å². The van der Waals surface area contributed by atoms with Crippen LogP contribution in [0.5, 0.6) is 0 Å². The first-order valence-corrected chi connectivity index (χ1v) is 8.50. The van der Waals surface area contributed by atoms with Crippen molar-refractivity contribution in [2.24, 2.45) is 5.73 Å². The van der Waals surface area contributed by atoms with E-state index in [-0.39, 0.29) is 6.10 Å². The van der Waals surface area contributed by atoms with Crippen molar-refractivity contribution in [1.29, 1.82) is 0 Å². The van der Waals surface area contributed by atoms with E-state index in [9.17, 15) is 9.90 Å². The van der Waals surface area contributed by atoms with Crippen molar-refractivity contribution < 1.29 is 9.90 Å². The van der Waals surface area contributed by atoms with Crippen molar-refractivity contribution in [3.63, 3.8) is 0 Å². The average Bonchev–Trinajstić information content (AvgIpc) is 3.03. The molecule has 1 amide bonds. The second kappa shape index (κ2) is 6.97. The number of rotatable bonds is 5. The lowest BCUT2D eigenvalue weighted by atomic mass is 10.1. The summed E-state index contributed by atoms with van der Waals surface area (Å²) in [6, 6.07) is 5.71. The van der Waals surface area contributed by atoms with Gasteiger partial charge in [-0.2, -0.15) is 0 Å². The number of primary amides is 1. The maximum atomic E-state index is 11.1. The van der Waals surface area contributed by atoms with Crippen molar-refractivity contribution >= 4 is 28.7 Å². The Balaban J connectivity index is 1.69. The predicted octanol–water partition coefficient (Wildman–Crippen LogP) is 1.82. The molecule has 2 aromatic rings. The lowest BCUT2D eigenvalue weighted by Crippen LogP contribution is -2.36. The highest BCUT2D eigenvalue weighted by molar-refractivity contribution is 7.10. The number of carbonyl (C=O) groups excluding carboxylic acids is 1. The summed E-state index contributed by atoms with van der Waals surface area (Å²) in [6.07, 6.45) is 3.11. The summed E-state index contributed by atoms with van der Waals surface area (Å²) < 4.78 is 0. The number of piperidine rings is 1. The van der Waals surface area contributed by atoms with Crippen molar-refractivity contribution in [3.8, 4) is 0 Å². The molecule has 1 aliphatic heterocycles. The zero-order chi connectivity index (χ0) is 16.2. The van der Waals surface area contributed by atoms with Crippen LogP contribution in [0.2, 0.25) is 0 Å². The Labute approximate surface area is 139 Å². The molecule has 1 saturated heterocycles. The van der Waals surface area contributed by atoms with Gasteiger partial charge in [0.15, 0.2) is 5.82 Å². The molecule has 0 atom stereocenters. The normalized spacial score (nSPS) is 15.6. The molecule has 23 heavy (non-hydrogen) atoms. The summed E-state index contributed by atoms with van der Waals surface area (Å²) in [5.41, 5.74) is 6.78. The van der Waals surface area contributed by atoms with Gasteiger partial charge in [-0.3, -0.25) is 4.79 Å². The van der Waals surface area contributed by atoms with Gasteiger partial charge in [0.25, 0.3) is 0 Å². The minimum absolute atomic E-state index is 0.204. The van der Waals surface area contributed by atoms with Gasteiger partial charge >= 0.3 is 0 Å². The monoisotopic (exact) mass is 332 g/mol. The molecule has 1 fully saturated rings. The first kappa shape index (κ1) is 15.8. The van der Waals surface area contributed by atoms with Crippen LogP contribution in [-0.2, 0) is 6.54 Å². The van der Waals surface area contributed by atoms with Gasteiger partial charge in [-0.1, -0.05) is 0 Å². The van der Waals surface area contributed by atoms with Gasteiger partial charge in [-0.25, -0.2) is 4.98 Å². The van der Waals surface area contributed by atoms with Crippen LogP contribution in [0, 0.1) is 0 Å². The summed E-state index contributed by atoms with van der Waals surface area (Å²) in [5.74, 6) is 0.507. The number of aliphatic hydroxyl groups excluding tert-OH is 1. The Morgan fingerprint density at radius 2 is 2.26 bits per heavy atom. The van der Waals surface area contributed by atoms with Gasteiger partial charge in [0.05, 0.1) is 17.4 Å². The number of hydrogen-bond acceptors (Lipinski definition) is 6. The number of amides is 1. The van der Waals surface area contributed by atoms with E-state index in [0.717, 1.165) is 42.3 Å². The molecule has 3 heterocycles. The van der Waals surface area contributed by atoms with Gasteiger partial charge in [-0.05, 0) is 31.0 Å². The number of aromatic nitrogens is 1. The average molecular weight is 332 g/mol. The Hall–Kier alpha value is -2.12. The number of hydrogen-bond donors (Lipinski definition) is 3. The molecule has 1 aliphatic rings. The molecule has 122 valence electrons. The third kappa shape index (κ3) is 3.80. The molecular formula is C16H20N4O2S. The fraction of sp³-hybridized carbons (Fsp3) is 0.375. The summed E-state index contributed by atoms with van der Waals surface area (Å²) in [5, 5.41) is 14.8. The van der Waals surface area contributed by atoms with E-state index >= 15 is 0 Å². The highest BCUT2D eigenvalue weighted by Gasteiger charge is 2.20. The Morgan fingerprint density at radius 3 is 2.96 bits per heavy atom. The fourth-order valence-corrected chi connectivity index (χ4v) is 3.46. The molecule has 0 aliphatic carbocycles. The van der Waals surface area contributed by atoms with Gasteiger partial charge < -0.3 is 21.1 Å². The number of pyridine rings is 1. The molecular weight excluding hydrogens is 312 g/mol. The van der Waals surface area contributed by atoms with Crippen molar-refractivity contribution in [2.75, 3.05) is 23.3 Å². The lowest BCUT2D eigenvalue weighted by molar-refractivity contribution is 0.100. The van der Waals surface area contributed by atoms with Gasteiger partial charge in [0.2, 0.25) is 5.91 Å². The molecule has 0 saturated carbocycles. The fourth-order valence-electron chi connectivity index (χ4n) is 2.65. The van der Waals surface area contributed by atoms with Crippen LogP contribution < -0.4 is 16.0 Å². The molecule has 4 N–H and O–H groups in total. The predicted molar refractivity (Wildman–Crippen MR) is 91.9 cm³/mol. The highest BCUT2D eigenvalue weighted by atomic mass is 32.1. The van der Waals surface area contributed by atoms with E-state index in [1.165, 1.54) is 11.3 Å². The van der Waals surface area contributed by atoms with Gasteiger partial charge in [0.1, 0.15) is 0 Å². The third-order valence-electron chi connectivity index (χ3n) is 3.94. The quantitative estimate of drug-likeness (QED) is 0.777. The largest absolute Gasteiger partial charge is 0.393 e. The molecule has 0 bridgehead atoms. The molecule has 0 aromatic carbocycles. The van der Waals surface area contributed by atoms with Crippen LogP contribution in [0.1, 0.15) is 28.1 Å². The topological polar surface area (TPSA) is 91.5 Å². The van der Waals surface area contributed by atoms with Crippen molar-refractivity contribution in [3.05, 3.63) is 40.2 Å². The van der Waals surface area contributed by atoms with E-state index < -0.39 is 5.91 Å². The SMILES string of the molecule is NC(=O)c1csc(CNc2cccnc2N2CCC(O)CC2)c1. The van der Waals surface area contributed by atoms with E-state index in [2.05, 4.69) is 15.2 Å². The van der Waals surface area contributed by atoms with Crippen LogP contribution in [-0.4, -0.2) is 35.2 Å². The van der Waals surface area contributed by atoms with Crippen LogP contribution in [0.4, 0.5) is 11.5 Å². The van der Waals surface area contributed by atoms with E-state index in [4.69, 9.17) is 5.73 Å². The number of nitrogens with one attached hydrogen (secondary N) is 1. The van der Waals surface area contributed by atoms with E-state index in [0.29, 0.717) is 12.1 Å². The lowest BCUT2D eigenvalue weighted by Gasteiger charge is -2.31. The summed E-state index contributed by atoms with van der Waals surface area (Å²) >= 11 is 1.51. The van der Waals surface area contributed by atoms with Gasteiger partial charge in [-0.15, -0.1) is 11.3 Å². The first-order chi connectivity index (χ1) is 11.1. The molecule has 7 heteroatoms. The standard InChI is InChI=1S/C16H20N4O2S/c17-15(22)11-8-13(23-10-11)9-19-14-2-1-5-18-16(14)20-6-3-12(21)4-7-20/h1-2,5,8,10,12,19,21H,3-4,6-7,9H2,(H2,17,22). The van der Waals surface area contributed by atoms with E-state index in [1.54, 1.807) is 11.6 Å². The maximum absolute atomic E-state index is 11.1. The first-order valence-electron chi connectivity index (χ1n) is 7.62. The molecule has 0 radical (unpaired) electrons. The maximum Gasteiger partial charge on any atom is 0.249 e. The number of nitrogens with two attached hydrogens (primary N) is 1. The number of thiophene rings is 1. The van der Waals surface area contributed by atoms with E-state index in [1.807, 2.05) is 18.2 Å². The van der Waals surface area contributed by atoms with Crippen LogP contribution in [0.15, 0.2) is 29.8 Å². The smallest absolute Gasteiger partial charge is 0.249 e. The van der Waals surface area contributed by atoms with Crippen LogP contribution >= 0.6 is 11.3 Å². The minimum atomic E-state index is -0.401. The Bertz CT molecular complexity index is 680. The number of anilines is 2. The molecule has 6 nitrogen and oxygen atoms in total. The number of aliphatic hydroxyl groups is 1. The number of carbonyl (C=O) groups is 1. The Morgan fingerprint density at radius 1 is 1.48 bits per heavy atom. The third-order valence-corrected chi connectivity index (χ3v) is 4.88. The zero-order valence-corrected chi connectivity index (χ0v) is 13.6. The zero-order valence-electron chi connectivity index (χ0n) is 12.7. The van der Waals surface area contributed by atoms with Crippen molar-refractivity contribution in [2.45, 2.75) is 25.5 Å². The summed E-state index contributed by atoms with van der Waals surface area (Å²) in [4.78, 5) is 18.9. The molecule has 0 spiro atoms. The number of nitrogens with zero attached hydrogens (tertiary/aromatic N) is 2. The second-order valence-corrected chi connectivity index (χ2v) is 6.61. The van der Waals surface area contributed by atoms with Crippen LogP contribution in [0.3, 0.4) is 0 Å². The second-order valence-electron chi connectivity index (χ2n) is 5.61. The summed E-state index contributed by atoms with van der Waals surface area (Å²) in [7, 11) is 0. The molecule has 0 unspecified atom stereocenters. The van der Waals surface area contributed by atoms with Gasteiger partial charge in [0, 0.05) is 36.1 Å². The molecule has 2 aromatic heterocycles. The summed E-state index contributed by atoms with van der Waals surface area (Å²) in [6.45, 7) is 2.22. The highest BCUT2D eigenvalue weighted by Crippen LogP contribution is 2.27. The van der Waals surface area contributed by atoms with Crippen molar-refractivity contribution in [1.82, 2.24) is 4.98 Å². The molecule has 3 rings (SSSR count).